The Kier molecular flexibility index (Phi) is 6.24. The minimum atomic E-state index is -0.370. The Bertz CT molecular complexity index is 515. The van der Waals surface area contributed by atoms with Crippen LogP contribution in [0.2, 0.25) is 0 Å². The lowest BCUT2D eigenvalue weighted by atomic mass is 9.92. The second kappa shape index (κ2) is 8.60. The summed E-state index contributed by atoms with van der Waals surface area (Å²) in [5.41, 5.74) is 1.34. The summed E-state index contributed by atoms with van der Waals surface area (Å²) in [7, 11) is 0. The fourth-order valence-electron chi connectivity index (χ4n) is 3.68. The van der Waals surface area contributed by atoms with Crippen LogP contribution in [0.25, 0.3) is 0 Å². The van der Waals surface area contributed by atoms with Crippen molar-refractivity contribution in [2.75, 3.05) is 32.7 Å². The van der Waals surface area contributed by atoms with E-state index in [1.165, 1.54) is 5.56 Å². The van der Waals surface area contributed by atoms with Crippen molar-refractivity contribution in [3.63, 3.8) is 0 Å². The molecule has 2 fully saturated rings. The first-order valence-corrected chi connectivity index (χ1v) is 9.17. The molecule has 1 aromatic carbocycles. The topological polar surface area (TPSA) is 55.8 Å². The minimum Gasteiger partial charge on any atom is -0.391 e. The van der Waals surface area contributed by atoms with Gasteiger partial charge in [-0.05, 0) is 18.4 Å². The van der Waals surface area contributed by atoms with Gasteiger partial charge in [-0.3, -0.25) is 14.6 Å². The van der Waals surface area contributed by atoms with Gasteiger partial charge in [0.2, 0.25) is 5.91 Å². The van der Waals surface area contributed by atoms with E-state index in [-0.39, 0.29) is 18.1 Å². The molecule has 5 nitrogen and oxygen atoms in total. The van der Waals surface area contributed by atoms with Crippen LogP contribution < -0.4 is 5.32 Å². The van der Waals surface area contributed by atoms with E-state index in [4.69, 9.17) is 0 Å². The van der Waals surface area contributed by atoms with E-state index >= 15 is 0 Å². The molecule has 1 saturated heterocycles. The molecule has 3 rings (SSSR count). The highest BCUT2D eigenvalue weighted by atomic mass is 16.3. The number of amides is 1. The summed E-state index contributed by atoms with van der Waals surface area (Å²) in [5.74, 6) is 0.0532. The molecular weight excluding hydrogens is 302 g/mol. The molecule has 0 aromatic heterocycles. The van der Waals surface area contributed by atoms with Gasteiger partial charge >= 0.3 is 0 Å². The van der Waals surface area contributed by atoms with E-state index in [2.05, 4.69) is 39.4 Å². The summed E-state index contributed by atoms with van der Waals surface area (Å²) in [6.45, 7) is 5.26. The summed E-state index contributed by atoms with van der Waals surface area (Å²) in [5, 5.41) is 13.0. The third kappa shape index (κ3) is 5.03. The number of hydrogen-bond acceptors (Lipinski definition) is 4. The van der Waals surface area contributed by atoms with Crippen LogP contribution in [-0.4, -0.2) is 65.7 Å². The molecule has 1 aromatic rings. The molecule has 2 N–H and O–H groups in total. The number of hydrogen-bond donors (Lipinski definition) is 2. The Hall–Kier alpha value is -1.43. The summed E-state index contributed by atoms with van der Waals surface area (Å²) in [6, 6.07) is 10.5. The van der Waals surface area contributed by atoms with E-state index in [9.17, 15) is 9.90 Å². The Morgan fingerprint density at radius 1 is 1.04 bits per heavy atom. The van der Waals surface area contributed by atoms with Gasteiger partial charge in [-0.2, -0.15) is 0 Å². The number of piperazine rings is 1. The summed E-state index contributed by atoms with van der Waals surface area (Å²) in [6.07, 6.45) is 3.50. The third-order valence-corrected chi connectivity index (χ3v) is 5.16. The predicted molar refractivity (Wildman–Crippen MR) is 94.6 cm³/mol. The average Bonchev–Trinajstić information content (AvgIpc) is 2.60. The number of aliphatic hydroxyl groups is 1. The SMILES string of the molecule is O=C(CN1CCN(Cc2ccccc2)CC1)NC1CCCCC1O. The van der Waals surface area contributed by atoms with Crippen LogP contribution in [0.1, 0.15) is 31.2 Å². The zero-order valence-corrected chi connectivity index (χ0v) is 14.4. The maximum absolute atomic E-state index is 12.2. The highest BCUT2D eigenvalue weighted by molar-refractivity contribution is 5.78. The van der Waals surface area contributed by atoms with Gasteiger partial charge in [0.15, 0.2) is 0 Å². The van der Waals surface area contributed by atoms with Gasteiger partial charge in [0, 0.05) is 32.7 Å². The van der Waals surface area contributed by atoms with Crippen LogP contribution in [0.15, 0.2) is 30.3 Å². The fourth-order valence-corrected chi connectivity index (χ4v) is 3.68. The standard InChI is InChI=1S/C19H29N3O2/c23-18-9-5-4-8-17(18)20-19(24)15-22-12-10-21(11-13-22)14-16-6-2-1-3-7-16/h1-3,6-7,17-18,23H,4-5,8-15H2,(H,20,24). The highest BCUT2D eigenvalue weighted by Crippen LogP contribution is 2.18. The van der Waals surface area contributed by atoms with Gasteiger partial charge < -0.3 is 10.4 Å². The molecule has 1 aliphatic carbocycles. The second-order valence-corrected chi connectivity index (χ2v) is 7.06. The molecule has 132 valence electrons. The van der Waals surface area contributed by atoms with E-state index in [1.807, 2.05) is 6.07 Å². The number of rotatable bonds is 5. The molecule has 5 heteroatoms. The number of benzene rings is 1. The minimum absolute atomic E-state index is 0.0504. The quantitative estimate of drug-likeness (QED) is 0.852. The van der Waals surface area contributed by atoms with E-state index < -0.39 is 0 Å². The Balaban J connectivity index is 1.38. The van der Waals surface area contributed by atoms with Gasteiger partial charge in [0.05, 0.1) is 18.7 Å². The van der Waals surface area contributed by atoms with Gasteiger partial charge in [-0.15, -0.1) is 0 Å². The molecular formula is C19H29N3O2. The second-order valence-electron chi connectivity index (χ2n) is 7.06. The van der Waals surface area contributed by atoms with Crippen molar-refractivity contribution in [3.8, 4) is 0 Å². The zero-order chi connectivity index (χ0) is 16.8. The molecule has 0 spiro atoms. The van der Waals surface area contributed by atoms with E-state index in [1.54, 1.807) is 0 Å². The normalized spacial score (nSPS) is 26.2. The van der Waals surface area contributed by atoms with Crippen molar-refractivity contribution in [1.82, 2.24) is 15.1 Å². The van der Waals surface area contributed by atoms with E-state index in [0.717, 1.165) is 58.4 Å². The monoisotopic (exact) mass is 331 g/mol. The fraction of sp³-hybridized carbons (Fsp3) is 0.632. The first-order chi connectivity index (χ1) is 11.7. The summed E-state index contributed by atoms with van der Waals surface area (Å²) < 4.78 is 0. The first-order valence-electron chi connectivity index (χ1n) is 9.17. The number of carbonyl (C=O) groups is 1. The van der Waals surface area contributed by atoms with Crippen molar-refractivity contribution in [3.05, 3.63) is 35.9 Å². The van der Waals surface area contributed by atoms with Crippen LogP contribution in [0.5, 0.6) is 0 Å². The van der Waals surface area contributed by atoms with Crippen molar-refractivity contribution < 1.29 is 9.90 Å². The lowest BCUT2D eigenvalue weighted by molar-refractivity contribution is -0.124. The predicted octanol–water partition coefficient (Wildman–Crippen LogP) is 1.22. The number of carbonyl (C=O) groups excluding carboxylic acids is 1. The van der Waals surface area contributed by atoms with Gasteiger partial charge in [-0.25, -0.2) is 0 Å². The van der Waals surface area contributed by atoms with Crippen LogP contribution >= 0.6 is 0 Å². The molecule has 2 atom stereocenters. The number of nitrogens with one attached hydrogen (secondary N) is 1. The summed E-state index contributed by atoms with van der Waals surface area (Å²) >= 11 is 0. The highest BCUT2D eigenvalue weighted by Gasteiger charge is 2.25. The van der Waals surface area contributed by atoms with Crippen molar-refractivity contribution >= 4 is 5.91 Å². The molecule has 1 aliphatic heterocycles. The van der Waals surface area contributed by atoms with Crippen LogP contribution in [-0.2, 0) is 11.3 Å². The lowest BCUT2D eigenvalue weighted by Crippen LogP contribution is -2.52. The van der Waals surface area contributed by atoms with E-state index in [0.29, 0.717) is 6.54 Å². The van der Waals surface area contributed by atoms with Gasteiger partial charge in [0.25, 0.3) is 0 Å². The maximum Gasteiger partial charge on any atom is 0.234 e. The Morgan fingerprint density at radius 2 is 1.71 bits per heavy atom. The van der Waals surface area contributed by atoms with Gasteiger partial charge in [-0.1, -0.05) is 43.2 Å². The molecule has 0 bridgehead atoms. The van der Waals surface area contributed by atoms with Crippen LogP contribution in [0.3, 0.4) is 0 Å². The van der Waals surface area contributed by atoms with Crippen LogP contribution in [0.4, 0.5) is 0 Å². The molecule has 2 aliphatic rings. The molecule has 24 heavy (non-hydrogen) atoms. The molecule has 1 amide bonds. The first kappa shape index (κ1) is 17.4. The lowest BCUT2D eigenvalue weighted by Gasteiger charge is -2.35. The zero-order valence-electron chi connectivity index (χ0n) is 14.4. The van der Waals surface area contributed by atoms with Crippen molar-refractivity contribution in [2.24, 2.45) is 0 Å². The average molecular weight is 331 g/mol. The summed E-state index contributed by atoms with van der Waals surface area (Å²) in [4.78, 5) is 16.9. The third-order valence-electron chi connectivity index (χ3n) is 5.16. The molecule has 2 unspecified atom stereocenters. The number of nitrogens with zero attached hydrogens (tertiary/aromatic N) is 2. The molecule has 1 saturated carbocycles. The van der Waals surface area contributed by atoms with Crippen molar-refractivity contribution in [1.29, 1.82) is 0 Å². The Labute approximate surface area is 144 Å². The largest absolute Gasteiger partial charge is 0.391 e. The molecule has 0 radical (unpaired) electrons. The van der Waals surface area contributed by atoms with Gasteiger partial charge in [0.1, 0.15) is 0 Å². The Morgan fingerprint density at radius 3 is 2.42 bits per heavy atom. The smallest absolute Gasteiger partial charge is 0.234 e. The maximum atomic E-state index is 12.2. The van der Waals surface area contributed by atoms with Crippen LogP contribution in [0, 0.1) is 0 Å². The number of aliphatic hydroxyl groups excluding tert-OH is 1. The van der Waals surface area contributed by atoms with Crippen molar-refractivity contribution in [2.45, 2.75) is 44.4 Å². The molecule has 1 heterocycles.